The quantitative estimate of drug-likeness (QED) is 0.0956. The number of H-pyrrole nitrogens is 2. The topological polar surface area (TPSA) is 208 Å². The molecule has 0 aliphatic carbocycles. The van der Waals surface area contributed by atoms with Crippen LogP contribution in [0.1, 0.15) is 37.3 Å². The van der Waals surface area contributed by atoms with Crippen molar-refractivity contribution in [3.8, 4) is 0 Å². The van der Waals surface area contributed by atoms with Crippen molar-refractivity contribution in [2.45, 2.75) is 63.2 Å². The average Bonchev–Trinajstić information content (AvgIpc) is 3.60. The highest BCUT2D eigenvalue weighted by Crippen LogP contribution is 2.20. The first-order valence-corrected chi connectivity index (χ1v) is 14.4. The number of unbranched alkanes of at least 4 members (excludes halogenated alkanes) is 1. The molecule has 0 saturated carbocycles. The second kappa shape index (κ2) is 14.5. The van der Waals surface area contributed by atoms with Crippen molar-refractivity contribution in [3.05, 3.63) is 72.1 Å². The van der Waals surface area contributed by atoms with Crippen LogP contribution < -0.4 is 27.4 Å². The van der Waals surface area contributed by atoms with Gasteiger partial charge in [0.25, 0.3) is 0 Å². The maximum Gasteiger partial charge on any atom is 0.326 e. The third kappa shape index (κ3) is 7.99. The van der Waals surface area contributed by atoms with Crippen molar-refractivity contribution in [2.75, 3.05) is 6.54 Å². The van der Waals surface area contributed by atoms with Gasteiger partial charge < -0.3 is 42.5 Å². The van der Waals surface area contributed by atoms with Crippen molar-refractivity contribution in [1.29, 1.82) is 0 Å². The van der Waals surface area contributed by atoms with Gasteiger partial charge in [0.2, 0.25) is 17.7 Å². The van der Waals surface area contributed by atoms with Gasteiger partial charge in [-0.05, 0) is 62.4 Å². The predicted octanol–water partition coefficient (Wildman–Crippen LogP) is 1.45. The van der Waals surface area contributed by atoms with E-state index in [4.69, 9.17) is 11.5 Å². The number of nitrogens with two attached hydrogens (primary N) is 2. The molecular formula is C31H39N7O5. The Bertz CT molecular complexity index is 1580. The van der Waals surface area contributed by atoms with E-state index in [0.717, 1.165) is 32.9 Å². The average molecular weight is 590 g/mol. The van der Waals surface area contributed by atoms with Crippen LogP contribution in [0.15, 0.2) is 60.9 Å². The predicted molar refractivity (Wildman–Crippen MR) is 164 cm³/mol. The Hall–Kier alpha value is -4.68. The third-order valence-corrected chi connectivity index (χ3v) is 7.50. The minimum atomic E-state index is -1.17. The van der Waals surface area contributed by atoms with E-state index >= 15 is 0 Å². The molecule has 0 radical (unpaired) electrons. The first-order valence-electron chi connectivity index (χ1n) is 14.4. The number of aromatic amines is 2. The van der Waals surface area contributed by atoms with Crippen molar-refractivity contribution in [3.63, 3.8) is 0 Å². The fourth-order valence-corrected chi connectivity index (χ4v) is 5.06. The van der Waals surface area contributed by atoms with Crippen LogP contribution in [0.2, 0.25) is 0 Å². The van der Waals surface area contributed by atoms with Crippen molar-refractivity contribution in [2.24, 2.45) is 11.5 Å². The summed E-state index contributed by atoms with van der Waals surface area (Å²) in [5.41, 5.74) is 15.2. The van der Waals surface area contributed by atoms with Gasteiger partial charge in [-0.25, -0.2) is 4.79 Å². The van der Waals surface area contributed by atoms with Crippen LogP contribution in [0.3, 0.4) is 0 Å². The zero-order valence-electron chi connectivity index (χ0n) is 24.1. The monoisotopic (exact) mass is 589 g/mol. The maximum atomic E-state index is 13.4. The number of aliphatic carboxylic acids is 1. The zero-order chi connectivity index (χ0) is 30.9. The SMILES string of the molecule is CC(NC(=O)C(N)Cc1c[nH]c2ccccc12)C(=O)NC(Cc1c[nH]c2ccccc12)C(=O)NC(CCCCN)C(=O)O. The number of nitrogens with one attached hydrogen (secondary N) is 5. The van der Waals surface area contributed by atoms with Gasteiger partial charge >= 0.3 is 5.97 Å². The van der Waals surface area contributed by atoms with Crippen LogP contribution in [0.5, 0.6) is 0 Å². The van der Waals surface area contributed by atoms with Crippen LogP contribution in [0, 0.1) is 0 Å². The lowest BCUT2D eigenvalue weighted by Gasteiger charge is -2.24. The number of para-hydroxylation sites is 2. The molecule has 0 aliphatic rings. The number of carbonyl (C=O) groups is 4. The molecule has 10 N–H and O–H groups in total. The molecule has 4 unspecified atom stereocenters. The summed E-state index contributed by atoms with van der Waals surface area (Å²) in [5, 5.41) is 19.4. The summed E-state index contributed by atoms with van der Waals surface area (Å²) in [7, 11) is 0. The Kier molecular flexibility index (Phi) is 10.5. The van der Waals surface area contributed by atoms with E-state index in [9.17, 15) is 24.3 Å². The van der Waals surface area contributed by atoms with Gasteiger partial charge in [-0.3, -0.25) is 14.4 Å². The van der Waals surface area contributed by atoms with Crippen molar-refractivity contribution < 1.29 is 24.3 Å². The van der Waals surface area contributed by atoms with Crippen molar-refractivity contribution in [1.82, 2.24) is 25.9 Å². The highest BCUT2D eigenvalue weighted by molar-refractivity contribution is 5.95. The Balaban J connectivity index is 1.44. The minimum absolute atomic E-state index is 0.0947. The molecule has 0 fully saturated rings. The number of aromatic nitrogens is 2. The normalized spacial score (nSPS) is 14.1. The van der Waals surface area contributed by atoms with E-state index < -0.39 is 47.9 Å². The summed E-state index contributed by atoms with van der Waals surface area (Å²) < 4.78 is 0. The number of carboxylic acid groups (broad SMARTS) is 1. The fourth-order valence-electron chi connectivity index (χ4n) is 5.06. The lowest BCUT2D eigenvalue weighted by Crippen LogP contribution is -2.57. The highest BCUT2D eigenvalue weighted by atomic mass is 16.4. The molecule has 0 bridgehead atoms. The van der Waals surface area contributed by atoms with Gasteiger partial charge in [0, 0.05) is 40.6 Å². The number of benzene rings is 2. The molecule has 0 saturated heterocycles. The molecule has 3 amide bonds. The van der Waals surface area contributed by atoms with Crippen LogP contribution in [-0.4, -0.2) is 69.5 Å². The Morgan fingerprint density at radius 3 is 1.91 bits per heavy atom. The summed E-state index contributed by atoms with van der Waals surface area (Å²) in [6, 6.07) is 11.0. The number of hydrogen-bond donors (Lipinski definition) is 8. The molecule has 4 atom stereocenters. The zero-order valence-corrected chi connectivity index (χ0v) is 24.1. The molecule has 4 aromatic rings. The van der Waals surface area contributed by atoms with Gasteiger partial charge in [0.15, 0.2) is 0 Å². The molecule has 12 nitrogen and oxygen atoms in total. The molecule has 0 spiro atoms. The lowest BCUT2D eigenvalue weighted by molar-refractivity contribution is -0.142. The lowest BCUT2D eigenvalue weighted by atomic mass is 10.0. The summed E-state index contributed by atoms with van der Waals surface area (Å²) in [6.45, 7) is 1.91. The number of rotatable bonds is 15. The molecule has 2 aromatic carbocycles. The van der Waals surface area contributed by atoms with Crippen LogP contribution >= 0.6 is 0 Å². The van der Waals surface area contributed by atoms with Crippen molar-refractivity contribution >= 4 is 45.5 Å². The molecule has 43 heavy (non-hydrogen) atoms. The Labute approximate surface area is 249 Å². The summed E-state index contributed by atoms with van der Waals surface area (Å²) >= 11 is 0. The van der Waals surface area contributed by atoms with Crippen LogP contribution in [-0.2, 0) is 32.0 Å². The van der Waals surface area contributed by atoms with Crippen LogP contribution in [0.4, 0.5) is 0 Å². The van der Waals surface area contributed by atoms with E-state index in [2.05, 4.69) is 25.9 Å². The molecule has 12 heteroatoms. The Morgan fingerprint density at radius 1 is 0.767 bits per heavy atom. The molecule has 228 valence electrons. The van der Waals surface area contributed by atoms with E-state index in [1.807, 2.05) is 54.7 Å². The summed E-state index contributed by atoms with van der Waals surface area (Å²) in [4.78, 5) is 57.7. The van der Waals surface area contributed by atoms with Crippen LogP contribution in [0.25, 0.3) is 21.8 Å². The summed E-state index contributed by atoms with van der Waals surface area (Å²) in [6.07, 6.45) is 5.26. The first kappa shape index (κ1) is 31.3. The first-order chi connectivity index (χ1) is 20.7. The summed E-state index contributed by atoms with van der Waals surface area (Å²) in [5.74, 6) is -2.94. The van der Waals surface area contributed by atoms with E-state index in [1.165, 1.54) is 6.92 Å². The molecule has 2 heterocycles. The number of amides is 3. The number of hydrogen-bond acceptors (Lipinski definition) is 6. The van der Waals surface area contributed by atoms with E-state index in [1.54, 1.807) is 6.20 Å². The fraction of sp³-hybridized carbons (Fsp3) is 0.355. The molecule has 2 aromatic heterocycles. The van der Waals surface area contributed by atoms with Gasteiger partial charge in [0.05, 0.1) is 6.04 Å². The Morgan fingerprint density at radius 2 is 1.33 bits per heavy atom. The van der Waals surface area contributed by atoms with Gasteiger partial charge in [-0.15, -0.1) is 0 Å². The number of carboxylic acids is 1. The number of carbonyl (C=O) groups excluding carboxylic acids is 3. The maximum absolute atomic E-state index is 13.4. The largest absolute Gasteiger partial charge is 0.480 e. The van der Waals surface area contributed by atoms with Gasteiger partial charge in [-0.2, -0.15) is 0 Å². The minimum Gasteiger partial charge on any atom is -0.480 e. The highest BCUT2D eigenvalue weighted by Gasteiger charge is 2.29. The molecule has 4 rings (SSSR count). The molecule has 0 aliphatic heterocycles. The second-order valence-corrected chi connectivity index (χ2v) is 10.7. The second-order valence-electron chi connectivity index (χ2n) is 10.7. The van der Waals surface area contributed by atoms with E-state index in [-0.39, 0.29) is 19.3 Å². The standard InChI is InChI=1S/C31H39N7O5/c1-18(36-29(40)23(33)14-19-16-34-24-10-4-2-8-21(19)24)28(39)38-27(15-20-17-35-25-11-5-3-9-22(20)25)30(41)37-26(31(42)43)12-6-7-13-32/h2-5,8-11,16-18,23,26-27,34-35H,6-7,12-15,32-33H2,1H3,(H,36,40)(H,37,41)(H,38,39)(H,42,43). The van der Waals surface area contributed by atoms with Gasteiger partial charge in [0.1, 0.15) is 18.1 Å². The van der Waals surface area contributed by atoms with E-state index in [0.29, 0.717) is 19.4 Å². The van der Waals surface area contributed by atoms with Gasteiger partial charge in [-0.1, -0.05) is 36.4 Å². The number of fused-ring (bicyclic) bond motifs is 2. The molecular weight excluding hydrogens is 550 g/mol. The smallest absolute Gasteiger partial charge is 0.326 e. The third-order valence-electron chi connectivity index (χ3n) is 7.50.